The minimum Gasteiger partial charge on any atom is -0.336 e. The number of benzene rings is 2. The molecule has 2 fully saturated rings. The van der Waals surface area contributed by atoms with Crippen LogP contribution in [0.3, 0.4) is 0 Å². The Morgan fingerprint density at radius 3 is 2.03 bits per heavy atom. The van der Waals surface area contributed by atoms with Crippen molar-refractivity contribution in [1.29, 1.82) is 0 Å². The summed E-state index contributed by atoms with van der Waals surface area (Å²) in [6.45, 7) is 4.68. The Morgan fingerprint density at radius 1 is 0.677 bits per heavy atom. The molecule has 31 heavy (non-hydrogen) atoms. The van der Waals surface area contributed by atoms with Crippen molar-refractivity contribution < 1.29 is 9.59 Å². The van der Waals surface area contributed by atoms with Gasteiger partial charge in [-0.3, -0.25) is 14.5 Å². The van der Waals surface area contributed by atoms with Crippen LogP contribution in [0.2, 0.25) is 0 Å². The third-order valence-corrected chi connectivity index (χ3v) is 6.28. The number of amides is 2. The minimum atomic E-state index is 0.0862. The molecule has 2 aliphatic rings. The van der Waals surface area contributed by atoms with E-state index in [0.717, 1.165) is 56.1 Å². The highest BCUT2D eigenvalue weighted by molar-refractivity contribution is 5.95. The van der Waals surface area contributed by atoms with Crippen LogP contribution in [0.4, 0.5) is 0 Å². The first-order valence-electron chi connectivity index (χ1n) is 10.8. The second kappa shape index (κ2) is 8.40. The molecule has 2 aromatic carbocycles. The van der Waals surface area contributed by atoms with Gasteiger partial charge < -0.3 is 14.4 Å². The summed E-state index contributed by atoms with van der Waals surface area (Å²) >= 11 is 0. The van der Waals surface area contributed by atoms with Crippen LogP contribution < -0.4 is 0 Å². The average molecular weight is 415 g/mol. The van der Waals surface area contributed by atoms with Crippen LogP contribution in [0.15, 0.2) is 79.1 Å². The summed E-state index contributed by atoms with van der Waals surface area (Å²) in [5.74, 6) is 0.191. The molecule has 6 nitrogen and oxygen atoms in total. The average Bonchev–Trinajstić information content (AvgIpc) is 3.34. The highest BCUT2D eigenvalue weighted by Gasteiger charge is 2.37. The maximum absolute atomic E-state index is 12.9. The van der Waals surface area contributed by atoms with Crippen LogP contribution in [0, 0.1) is 0 Å². The Morgan fingerprint density at radius 2 is 1.32 bits per heavy atom. The van der Waals surface area contributed by atoms with Crippen molar-refractivity contribution in [1.82, 2.24) is 19.3 Å². The molecule has 0 aliphatic carbocycles. The number of piperazine rings is 1. The lowest BCUT2D eigenvalue weighted by Gasteiger charge is -2.48. The van der Waals surface area contributed by atoms with E-state index in [1.165, 1.54) is 0 Å². The van der Waals surface area contributed by atoms with Gasteiger partial charge in [-0.25, -0.2) is 0 Å². The molecule has 0 bridgehead atoms. The van der Waals surface area contributed by atoms with Gasteiger partial charge in [-0.1, -0.05) is 24.3 Å². The molecule has 5 rings (SSSR count). The number of nitrogens with zero attached hydrogens (tertiary/aromatic N) is 4. The van der Waals surface area contributed by atoms with E-state index >= 15 is 0 Å². The standard InChI is InChI=1S/C25H26N4O2/c30-24(20-7-2-1-3-8-20)28-15-13-27(14-16-28)23-18-29(19-23)25(31)21-9-6-10-22(17-21)26-11-4-5-12-26/h1-12,17,23H,13-16,18-19H2. The van der Waals surface area contributed by atoms with Crippen LogP contribution >= 0.6 is 0 Å². The predicted octanol–water partition coefficient (Wildman–Crippen LogP) is 2.76. The molecular weight excluding hydrogens is 388 g/mol. The molecule has 0 spiro atoms. The maximum atomic E-state index is 12.9. The molecular formula is C25H26N4O2. The molecule has 0 saturated carbocycles. The first-order chi connectivity index (χ1) is 15.2. The Bertz CT molecular complexity index is 1050. The normalized spacial score (nSPS) is 17.4. The highest BCUT2D eigenvalue weighted by Crippen LogP contribution is 2.21. The third-order valence-electron chi connectivity index (χ3n) is 6.28. The second-order valence-electron chi connectivity index (χ2n) is 8.20. The van der Waals surface area contributed by atoms with Crippen molar-refractivity contribution in [2.24, 2.45) is 0 Å². The molecule has 0 atom stereocenters. The van der Waals surface area contributed by atoms with E-state index in [9.17, 15) is 9.59 Å². The molecule has 0 unspecified atom stereocenters. The molecule has 1 aromatic heterocycles. The van der Waals surface area contributed by atoms with Gasteiger partial charge in [-0.05, 0) is 42.5 Å². The van der Waals surface area contributed by atoms with Crippen molar-refractivity contribution in [2.45, 2.75) is 6.04 Å². The highest BCUT2D eigenvalue weighted by atomic mass is 16.2. The minimum absolute atomic E-state index is 0.0862. The van der Waals surface area contributed by atoms with E-state index in [-0.39, 0.29) is 11.8 Å². The first-order valence-corrected chi connectivity index (χ1v) is 10.8. The lowest BCUT2D eigenvalue weighted by atomic mass is 10.0. The quantitative estimate of drug-likeness (QED) is 0.660. The zero-order chi connectivity index (χ0) is 21.2. The monoisotopic (exact) mass is 414 g/mol. The molecule has 3 heterocycles. The van der Waals surface area contributed by atoms with Gasteiger partial charge in [0, 0.05) is 74.5 Å². The second-order valence-corrected chi connectivity index (χ2v) is 8.20. The molecule has 2 amide bonds. The van der Waals surface area contributed by atoms with Gasteiger partial charge in [-0.2, -0.15) is 0 Å². The predicted molar refractivity (Wildman–Crippen MR) is 119 cm³/mol. The van der Waals surface area contributed by atoms with E-state index in [4.69, 9.17) is 0 Å². The molecule has 158 valence electrons. The summed E-state index contributed by atoms with van der Waals surface area (Å²) in [4.78, 5) is 31.8. The molecule has 2 aliphatic heterocycles. The van der Waals surface area contributed by atoms with Gasteiger partial charge in [0.05, 0.1) is 0 Å². The van der Waals surface area contributed by atoms with Crippen molar-refractivity contribution in [2.75, 3.05) is 39.3 Å². The number of aromatic nitrogens is 1. The number of likely N-dealkylation sites (tertiary alicyclic amines) is 1. The fourth-order valence-electron chi connectivity index (χ4n) is 4.39. The van der Waals surface area contributed by atoms with Crippen LogP contribution in [-0.4, -0.2) is 76.4 Å². The van der Waals surface area contributed by atoms with Gasteiger partial charge in [0.1, 0.15) is 0 Å². The summed E-state index contributed by atoms with van der Waals surface area (Å²) in [7, 11) is 0. The summed E-state index contributed by atoms with van der Waals surface area (Å²) < 4.78 is 2.01. The number of hydrogen-bond donors (Lipinski definition) is 0. The van der Waals surface area contributed by atoms with Crippen LogP contribution in [0.1, 0.15) is 20.7 Å². The van der Waals surface area contributed by atoms with Crippen LogP contribution in [0.5, 0.6) is 0 Å². The summed E-state index contributed by atoms with van der Waals surface area (Å²) in [5, 5.41) is 0. The van der Waals surface area contributed by atoms with Crippen LogP contribution in [-0.2, 0) is 0 Å². The number of hydrogen-bond acceptors (Lipinski definition) is 3. The topological polar surface area (TPSA) is 48.8 Å². The fourth-order valence-corrected chi connectivity index (χ4v) is 4.39. The van der Waals surface area contributed by atoms with E-state index in [2.05, 4.69) is 4.90 Å². The van der Waals surface area contributed by atoms with Crippen molar-refractivity contribution in [3.8, 4) is 5.69 Å². The molecule has 3 aromatic rings. The van der Waals surface area contributed by atoms with Gasteiger partial charge >= 0.3 is 0 Å². The molecule has 0 radical (unpaired) electrons. The summed E-state index contributed by atoms with van der Waals surface area (Å²) in [6.07, 6.45) is 3.96. The summed E-state index contributed by atoms with van der Waals surface area (Å²) in [6, 6.07) is 21.6. The van der Waals surface area contributed by atoms with Crippen molar-refractivity contribution in [3.63, 3.8) is 0 Å². The van der Waals surface area contributed by atoms with E-state index in [1.807, 2.05) is 93.5 Å². The molecule has 6 heteroatoms. The largest absolute Gasteiger partial charge is 0.336 e. The third kappa shape index (κ3) is 3.99. The van der Waals surface area contributed by atoms with E-state index < -0.39 is 0 Å². The fraction of sp³-hybridized carbons (Fsp3) is 0.280. The van der Waals surface area contributed by atoms with Crippen molar-refractivity contribution in [3.05, 3.63) is 90.3 Å². The van der Waals surface area contributed by atoms with E-state index in [0.29, 0.717) is 6.04 Å². The lowest BCUT2D eigenvalue weighted by Crippen LogP contribution is -2.64. The van der Waals surface area contributed by atoms with Gasteiger partial charge in [0.15, 0.2) is 0 Å². The van der Waals surface area contributed by atoms with Crippen molar-refractivity contribution >= 4 is 11.8 Å². The lowest BCUT2D eigenvalue weighted by molar-refractivity contribution is 0.00853. The number of carbonyl (C=O) groups excluding carboxylic acids is 2. The molecule has 0 N–H and O–H groups in total. The van der Waals surface area contributed by atoms with Gasteiger partial charge in [0.25, 0.3) is 11.8 Å². The van der Waals surface area contributed by atoms with Gasteiger partial charge in [-0.15, -0.1) is 0 Å². The maximum Gasteiger partial charge on any atom is 0.254 e. The Hall–Kier alpha value is -3.38. The Labute approximate surface area is 182 Å². The Balaban J connectivity index is 1.14. The van der Waals surface area contributed by atoms with Crippen LogP contribution in [0.25, 0.3) is 5.69 Å². The summed E-state index contributed by atoms with van der Waals surface area (Å²) in [5.41, 5.74) is 2.47. The zero-order valence-electron chi connectivity index (χ0n) is 17.4. The number of rotatable bonds is 4. The van der Waals surface area contributed by atoms with Gasteiger partial charge in [0.2, 0.25) is 0 Å². The SMILES string of the molecule is O=C(c1ccccc1)N1CCN(C2CN(C(=O)c3cccc(-n4cccc4)c3)C2)CC1. The smallest absolute Gasteiger partial charge is 0.254 e. The zero-order valence-corrected chi connectivity index (χ0v) is 17.4. The van der Waals surface area contributed by atoms with E-state index in [1.54, 1.807) is 0 Å². The number of carbonyl (C=O) groups is 2. The Kier molecular flexibility index (Phi) is 5.30. The molecule has 2 saturated heterocycles. The first kappa shape index (κ1) is 19.6.